The van der Waals surface area contributed by atoms with Crippen LogP contribution in [0.5, 0.6) is 0 Å². The normalized spacial score (nSPS) is 19.4. The molecule has 0 spiro atoms. The maximum Gasteiger partial charge on any atom is 0.172 e. The monoisotopic (exact) mass is 370 g/mol. The minimum absolute atomic E-state index is 0.958. The van der Waals surface area contributed by atoms with Crippen LogP contribution in [0.2, 0.25) is 0 Å². The fraction of sp³-hybridized carbons (Fsp3) is 0.632. The van der Waals surface area contributed by atoms with Crippen LogP contribution >= 0.6 is 11.3 Å². The molecule has 0 amide bonds. The first-order valence-corrected chi connectivity index (χ1v) is 10.7. The van der Waals surface area contributed by atoms with Crippen molar-refractivity contribution >= 4 is 27.2 Å². The van der Waals surface area contributed by atoms with E-state index < -0.39 is 0 Å². The van der Waals surface area contributed by atoms with E-state index in [1.807, 2.05) is 17.7 Å². The van der Waals surface area contributed by atoms with Gasteiger partial charge in [0.25, 0.3) is 0 Å². The summed E-state index contributed by atoms with van der Waals surface area (Å²) in [5.74, 6) is 1.11. The molecular weight excluding hydrogens is 344 g/mol. The number of thiophene rings is 1. The van der Waals surface area contributed by atoms with Gasteiger partial charge < -0.3 is 9.80 Å². The van der Waals surface area contributed by atoms with Gasteiger partial charge in [-0.3, -0.25) is 4.40 Å². The van der Waals surface area contributed by atoms with Crippen molar-refractivity contribution < 1.29 is 0 Å². The standard InChI is InChI=1S/C19H26N6S/c1-2-23-9-11-24(12-10-23)8-7-16-21-19-17(18-22-20-13-25(16)18)14-5-3-4-6-15(14)26-19/h13H,2-12H2,1H3. The van der Waals surface area contributed by atoms with Crippen molar-refractivity contribution in [3.63, 3.8) is 0 Å². The SMILES string of the molecule is CCN1CCN(CCc2nc3sc4c(c3c3nncn23)CCCC4)CC1. The van der Waals surface area contributed by atoms with Crippen molar-refractivity contribution in [1.82, 2.24) is 29.4 Å². The number of piperazine rings is 1. The van der Waals surface area contributed by atoms with Crippen LogP contribution in [0, 0.1) is 0 Å². The average Bonchev–Trinajstić information content (AvgIpc) is 3.30. The summed E-state index contributed by atoms with van der Waals surface area (Å²) in [7, 11) is 0. The molecule has 0 saturated carbocycles. The summed E-state index contributed by atoms with van der Waals surface area (Å²) in [5, 5.41) is 9.94. The first-order chi connectivity index (χ1) is 12.8. The summed E-state index contributed by atoms with van der Waals surface area (Å²) >= 11 is 1.88. The van der Waals surface area contributed by atoms with Crippen LogP contribution in [0.25, 0.3) is 15.9 Å². The van der Waals surface area contributed by atoms with E-state index in [-0.39, 0.29) is 0 Å². The highest BCUT2D eigenvalue weighted by Crippen LogP contribution is 2.37. The summed E-state index contributed by atoms with van der Waals surface area (Å²) in [6.45, 7) is 9.16. The molecule has 0 bridgehead atoms. The van der Waals surface area contributed by atoms with Crippen molar-refractivity contribution in [2.75, 3.05) is 39.3 Å². The smallest absolute Gasteiger partial charge is 0.172 e. The van der Waals surface area contributed by atoms with Gasteiger partial charge in [-0.1, -0.05) is 6.92 Å². The third-order valence-electron chi connectivity index (χ3n) is 6.00. The average molecular weight is 371 g/mol. The molecule has 138 valence electrons. The second kappa shape index (κ2) is 6.87. The fourth-order valence-corrected chi connectivity index (χ4v) is 5.66. The second-order valence-electron chi connectivity index (χ2n) is 7.47. The minimum atomic E-state index is 0.958. The van der Waals surface area contributed by atoms with E-state index in [9.17, 15) is 0 Å². The van der Waals surface area contributed by atoms with Crippen LogP contribution in [0.1, 0.15) is 36.0 Å². The molecule has 3 aromatic rings. The Labute approximate surface area is 157 Å². The molecule has 5 rings (SSSR count). The van der Waals surface area contributed by atoms with E-state index in [1.165, 1.54) is 59.4 Å². The fourth-order valence-electron chi connectivity index (χ4n) is 4.39. The molecule has 1 aliphatic heterocycles. The molecule has 2 aliphatic rings. The largest absolute Gasteiger partial charge is 0.301 e. The van der Waals surface area contributed by atoms with Gasteiger partial charge in [-0.2, -0.15) is 0 Å². The first kappa shape index (κ1) is 16.6. The van der Waals surface area contributed by atoms with E-state index in [0.717, 1.165) is 44.1 Å². The Kier molecular flexibility index (Phi) is 4.38. The molecule has 7 heteroatoms. The number of aryl methyl sites for hydroxylation is 2. The molecule has 1 aliphatic carbocycles. The maximum absolute atomic E-state index is 5.06. The van der Waals surface area contributed by atoms with Gasteiger partial charge in [-0.25, -0.2) is 4.98 Å². The summed E-state index contributed by atoms with van der Waals surface area (Å²) in [6.07, 6.45) is 7.76. The van der Waals surface area contributed by atoms with Gasteiger partial charge in [0.15, 0.2) is 5.65 Å². The predicted molar refractivity (Wildman–Crippen MR) is 105 cm³/mol. The van der Waals surface area contributed by atoms with Gasteiger partial charge in [-0.05, 0) is 37.8 Å². The van der Waals surface area contributed by atoms with Crippen molar-refractivity contribution in [3.8, 4) is 0 Å². The Morgan fingerprint density at radius 3 is 2.73 bits per heavy atom. The molecule has 0 unspecified atom stereocenters. The van der Waals surface area contributed by atoms with Gasteiger partial charge in [-0.15, -0.1) is 21.5 Å². The van der Waals surface area contributed by atoms with Crippen molar-refractivity contribution in [3.05, 3.63) is 22.6 Å². The predicted octanol–water partition coefficient (Wildman–Crippen LogP) is 2.40. The molecule has 4 heterocycles. The zero-order valence-electron chi connectivity index (χ0n) is 15.4. The lowest BCUT2D eigenvalue weighted by molar-refractivity contribution is 0.138. The van der Waals surface area contributed by atoms with E-state index in [0.29, 0.717) is 0 Å². The number of fused-ring (bicyclic) bond motifs is 5. The van der Waals surface area contributed by atoms with Crippen LogP contribution in [0.4, 0.5) is 0 Å². The van der Waals surface area contributed by atoms with E-state index in [4.69, 9.17) is 4.98 Å². The molecule has 6 nitrogen and oxygen atoms in total. The van der Waals surface area contributed by atoms with Crippen molar-refractivity contribution in [2.45, 2.75) is 39.0 Å². The Balaban J connectivity index is 1.43. The lowest BCUT2D eigenvalue weighted by Crippen LogP contribution is -2.46. The quantitative estimate of drug-likeness (QED) is 0.706. The van der Waals surface area contributed by atoms with Crippen LogP contribution in [-0.2, 0) is 19.3 Å². The number of hydrogen-bond donors (Lipinski definition) is 0. The Morgan fingerprint density at radius 1 is 1.08 bits per heavy atom. The Bertz CT molecular complexity index is 921. The molecule has 26 heavy (non-hydrogen) atoms. The highest BCUT2D eigenvalue weighted by molar-refractivity contribution is 7.19. The number of likely N-dealkylation sites (N-methyl/N-ethyl adjacent to an activating group) is 1. The topological polar surface area (TPSA) is 49.6 Å². The third-order valence-corrected chi connectivity index (χ3v) is 7.18. The Morgan fingerprint density at radius 2 is 1.88 bits per heavy atom. The summed E-state index contributed by atoms with van der Waals surface area (Å²) < 4.78 is 2.13. The maximum atomic E-state index is 5.06. The molecule has 3 aromatic heterocycles. The summed E-state index contributed by atoms with van der Waals surface area (Å²) in [6, 6.07) is 0. The minimum Gasteiger partial charge on any atom is -0.301 e. The molecule has 0 N–H and O–H groups in total. The zero-order chi connectivity index (χ0) is 17.5. The molecule has 0 atom stereocenters. The van der Waals surface area contributed by atoms with E-state index in [2.05, 4.69) is 31.3 Å². The lowest BCUT2D eigenvalue weighted by Gasteiger charge is -2.33. The highest BCUT2D eigenvalue weighted by Gasteiger charge is 2.22. The molecule has 1 fully saturated rings. The lowest BCUT2D eigenvalue weighted by atomic mass is 9.97. The van der Waals surface area contributed by atoms with Crippen molar-refractivity contribution in [1.29, 1.82) is 0 Å². The summed E-state index contributed by atoms with van der Waals surface area (Å²) in [4.78, 5) is 12.8. The molecule has 0 aromatic carbocycles. The van der Waals surface area contributed by atoms with Gasteiger partial charge >= 0.3 is 0 Å². The molecular formula is C19H26N6S. The van der Waals surface area contributed by atoms with Gasteiger partial charge in [0.2, 0.25) is 0 Å². The van der Waals surface area contributed by atoms with E-state index >= 15 is 0 Å². The number of nitrogens with zero attached hydrogens (tertiary/aromatic N) is 6. The number of hydrogen-bond acceptors (Lipinski definition) is 6. The van der Waals surface area contributed by atoms with Crippen molar-refractivity contribution in [2.24, 2.45) is 0 Å². The number of rotatable bonds is 4. The van der Waals surface area contributed by atoms with Gasteiger partial charge in [0.05, 0.1) is 5.39 Å². The molecule has 1 saturated heterocycles. The highest BCUT2D eigenvalue weighted by atomic mass is 32.1. The van der Waals surface area contributed by atoms with Crippen LogP contribution < -0.4 is 0 Å². The third kappa shape index (κ3) is 2.82. The molecule has 0 radical (unpaired) electrons. The second-order valence-corrected chi connectivity index (χ2v) is 8.55. The number of aromatic nitrogens is 4. The van der Waals surface area contributed by atoms with Gasteiger partial charge in [0.1, 0.15) is 17.0 Å². The van der Waals surface area contributed by atoms with Crippen LogP contribution in [-0.4, -0.2) is 68.7 Å². The van der Waals surface area contributed by atoms with Gasteiger partial charge in [0, 0.05) is 44.0 Å². The zero-order valence-corrected chi connectivity index (χ0v) is 16.3. The van der Waals surface area contributed by atoms with Crippen LogP contribution in [0.15, 0.2) is 6.33 Å². The Hall–Kier alpha value is -1.57. The summed E-state index contributed by atoms with van der Waals surface area (Å²) in [5.41, 5.74) is 2.50. The first-order valence-electron chi connectivity index (χ1n) is 9.91. The van der Waals surface area contributed by atoms with E-state index in [1.54, 1.807) is 0 Å². The van der Waals surface area contributed by atoms with Crippen LogP contribution in [0.3, 0.4) is 0 Å².